The highest BCUT2D eigenvalue weighted by Crippen LogP contribution is 2.17. The van der Waals surface area contributed by atoms with Crippen molar-refractivity contribution in [3.63, 3.8) is 0 Å². The van der Waals surface area contributed by atoms with Crippen molar-refractivity contribution in [1.29, 1.82) is 0 Å². The zero-order valence-electron chi connectivity index (χ0n) is 15.7. The van der Waals surface area contributed by atoms with Crippen molar-refractivity contribution in [3.8, 4) is 5.75 Å². The maximum Gasteiger partial charge on any atom is 0.194 e. The van der Waals surface area contributed by atoms with Crippen LogP contribution in [0.1, 0.15) is 13.3 Å². The van der Waals surface area contributed by atoms with Crippen molar-refractivity contribution in [1.82, 2.24) is 10.2 Å². The number of nitrogens with zero attached hydrogens (tertiary/aromatic N) is 2. The Morgan fingerprint density at radius 3 is 3.00 bits per heavy atom. The number of rotatable bonds is 10. The van der Waals surface area contributed by atoms with Crippen LogP contribution in [0.2, 0.25) is 0 Å². The summed E-state index contributed by atoms with van der Waals surface area (Å²) in [5.74, 6) is 1.64. The molecule has 2 rings (SSSR count). The molecule has 0 amide bonds. The van der Waals surface area contributed by atoms with E-state index in [0.717, 1.165) is 38.6 Å². The lowest BCUT2D eigenvalue weighted by atomic mass is 10.1. The molecule has 1 aliphatic heterocycles. The molecule has 1 aliphatic rings. The van der Waals surface area contributed by atoms with E-state index in [1.54, 1.807) is 19.2 Å². The lowest BCUT2D eigenvalue weighted by molar-refractivity contribution is 0.0536. The quantitative estimate of drug-likeness (QED) is 0.390. The number of hydrogen-bond acceptors (Lipinski definition) is 4. The van der Waals surface area contributed by atoms with Gasteiger partial charge in [0.15, 0.2) is 5.96 Å². The van der Waals surface area contributed by atoms with Gasteiger partial charge in [0.1, 0.15) is 18.2 Å². The molecule has 1 atom stereocenters. The molecular weight excluding hydrogens is 337 g/mol. The lowest BCUT2D eigenvalue weighted by Crippen LogP contribution is -2.40. The van der Waals surface area contributed by atoms with Crippen molar-refractivity contribution in [2.45, 2.75) is 13.3 Å². The van der Waals surface area contributed by atoms with Crippen LogP contribution in [-0.2, 0) is 9.47 Å². The average molecular weight is 367 g/mol. The summed E-state index contributed by atoms with van der Waals surface area (Å²) in [5.41, 5.74) is 0. The van der Waals surface area contributed by atoms with Crippen LogP contribution in [-0.4, -0.2) is 70.6 Å². The van der Waals surface area contributed by atoms with E-state index in [2.05, 4.69) is 22.1 Å². The normalized spacial score (nSPS) is 17.6. The maximum absolute atomic E-state index is 13.1. The fraction of sp³-hybridized carbons (Fsp3) is 0.632. The minimum absolute atomic E-state index is 0.296. The van der Waals surface area contributed by atoms with E-state index in [0.29, 0.717) is 38.0 Å². The highest BCUT2D eigenvalue weighted by atomic mass is 19.1. The van der Waals surface area contributed by atoms with Gasteiger partial charge in [0, 0.05) is 38.7 Å². The van der Waals surface area contributed by atoms with E-state index in [1.807, 2.05) is 0 Å². The monoisotopic (exact) mass is 367 g/mol. The van der Waals surface area contributed by atoms with Crippen LogP contribution in [0.5, 0.6) is 5.75 Å². The van der Waals surface area contributed by atoms with E-state index in [9.17, 15) is 4.39 Å². The minimum Gasteiger partial charge on any atom is -0.492 e. The number of hydrogen-bond donors (Lipinski definition) is 1. The molecule has 6 nitrogen and oxygen atoms in total. The summed E-state index contributed by atoms with van der Waals surface area (Å²) in [6.07, 6.45) is 1.09. The van der Waals surface area contributed by atoms with E-state index >= 15 is 0 Å². The summed E-state index contributed by atoms with van der Waals surface area (Å²) in [7, 11) is 1.68. The smallest absolute Gasteiger partial charge is 0.194 e. The SMILES string of the molecule is CCNC(=NCCOc1cccc(F)c1)N1CCC(COCCOC)C1. The zero-order valence-corrected chi connectivity index (χ0v) is 15.7. The molecule has 1 fully saturated rings. The van der Waals surface area contributed by atoms with Gasteiger partial charge in [-0.25, -0.2) is 9.38 Å². The second-order valence-corrected chi connectivity index (χ2v) is 6.21. The predicted molar refractivity (Wildman–Crippen MR) is 100 cm³/mol. The summed E-state index contributed by atoms with van der Waals surface area (Å²) in [5, 5.41) is 3.33. The van der Waals surface area contributed by atoms with Gasteiger partial charge in [-0.3, -0.25) is 0 Å². The molecule has 0 aromatic heterocycles. The maximum atomic E-state index is 13.1. The molecule has 1 heterocycles. The van der Waals surface area contributed by atoms with E-state index in [4.69, 9.17) is 14.2 Å². The molecule has 1 N–H and O–H groups in total. The second-order valence-electron chi connectivity index (χ2n) is 6.21. The van der Waals surface area contributed by atoms with Gasteiger partial charge in [0.05, 0.1) is 26.4 Å². The summed E-state index contributed by atoms with van der Waals surface area (Å²) in [6, 6.07) is 6.16. The standard InChI is InChI=1S/C19H30FN3O3/c1-3-21-19(22-8-10-26-18-6-4-5-17(20)13-18)23-9-7-16(14-23)15-25-12-11-24-2/h4-6,13,16H,3,7-12,14-15H2,1-2H3,(H,21,22). The second kappa shape index (κ2) is 11.7. The van der Waals surface area contributed by atoms with Crippen molar-refractivity contribution in [2.75, 3.05) is 59.7 Å². The Balaban J connectivity index is 1.75. The van der Waals surface area contributed by atoms with Crippen molar-refractivity contribution in [3.05, 3.63) is 30.1 Å². The molecule has 0 radical (unpaired) electrons. The van der Waals surface area contributed by atoms with Gasteiger partial charge in [-0.05, 0) is 25.5 Å². The predicted octanol–water partition coefficient (Wildman–Crippen LogP) is 2.15. The van der Waals surface area contributed by atoms with Crippen LogP contribution in [0.4, 0.5) is 4.39 Å². The molecule has 1 aromatic rings. The molecule has 1 saturated heterocycles. The minimum atomic E-state index is -0.296. The lowest BCUT2D eigenvalue weighted by Gasteiger charge is -2.21. The fourth-order valence-electron chi connectivity index (χ4n) is 2.85. The molecule has 146 valence electrons. The van der Waals surface area contributed by atoms with Crippen molar-refractivity contribution < 1.29 is 18.6 Å². The number of guanidine groups is 1. The summed E-state index contributed by atoms with van der Waals surface area (Å²) >= 11 is 0. The Kier molecular flexibility index (Phi) is 9.20. The average Bonchev–Trinajstić information content (AvgIpc) is 3.10. The number of methoxy groups -OCH3 is 1. The molecule has 7 heteroatoms. The molecule has 0 spiro atoms. The highest BCUT2D eigenvalue weighted by molar-refractivity contribution is 5.80. The van der Waals surface area contributed by atoms with Crippen molar-refractivity contribution in [2.24, 2.45) is 10.9 Å². The summed E-state index contributed by atoms with van der Waals surface area (Å²) in [6.45, 7) is 7.72. The van der Waals surface area contributed by atoms with Gasteiger partial charge >= 0.3 is 0 Å². The first-order chi connectivity index (χ1) is 12.7. The third kappa shape index (κ3) is 7.17. The Bertz CT molecular complexity index is 557. The Labute approximate surface area is 155 Å². The summed E-state index contributed by atoms with van der Waals surface area (Å²) in [4.78, 5) is 6.89. The molecule has 1 unspecified atom stereocenters. The fourth-order valence-corrected chi connectivity index (χ4v) is 2.85. The van der Waals surface area contributed by atoms with Gasteiger partial charge in [-0.15, -0.1) is 0 Å². The van der Waals surface area contributed by atoms with Gasteiger partial charge < -0.3 is 24.4 Å². The molecular formula is C19H30FN3O3. The first-order valence-corrected chi connectivity index (χ1v) is 9.21. The van der Waals surface area contributed by atoms with Crippen LogP contribution in [0.15, 0.2) is 29.3 Å². The highest BCUT2D eigenvalue weighted by Gasteiger charge is 2.24. The number of nitrogens with one attached hydrogen (secondary N) is 1. The molecule has 0 saturated carbocycles. The van der Waals surface area contributed by atoms with E-state index < -0.39 is 0 Å². The third-order valence-electron chi connectivity index (χ3n) is 4.12. The zero-order chi connectivity index (χ0) is 18.6. The van der Waals surface area contributed by atoms with E-state index in [1.165, 1.54) is 12.1 Å². The molecule has 1 aromatic carbocycles. The molecule has 26 heavy (non-hydrogen) atoms. The van der Waals surface area contributed by atoms with Gasteiger partial charge in [0.25, 0.3) is 0 Å². The molecule has 0 bridgehead atoms. The number of benzene rings is 1. The van der Waals surface area contributed by atoms with Gasteiger partial charge in [-0.1, -0.05) is 6.07 Å². The Morgan fingerprint density at radius 1 is 1.35 bits per heavy atom. The largest absolute Gasteiger partial charge is 0.492 e. The topological polar surface area (TPSA) is 55.3 Å². The Hall–Kier alpha value is -1.86. The van der Waals surface area contributed by atoms with Gasteiger partial charge in [0.2, 0.25) is 0 Å². The van der Waals surface area contributed by atoms with Crippen LogP contribution in [0.25, 0.3) is 0 Å². The van der Waals surface area contributed by atoms with Crippen LogP contribution < -0.4 is 10.1 Å². The number of aliphatic imine (C=N–C) groups is 1. The third-order valence-corrected chi connectivity index (χ3v) is 4.12. The number of ether oxygens (including phenoxy) is 3. The van der Waals surface area contributed by atoms with E-state index in [-0.39, 0.29) is 5.82 Å². The van der Waals surface area contributed by atoms with Crippen molar-refractivity contribution >= 4 is 5.96 Å². The first kappa shape index (κ1) is 20.5. The first-order valence-electron chi connectivity index (χ1n) is 9.21. The number of halogens is 1. The Morgan fingerprint density at radius 2 is 2.23 bits per heavy atom. The molecule has 0 aliphatic carbocycles. The summed E-state index contributed by atoms with van der Waals surface area (Å²) < 4.78 is 29.3. The van der Waals surface area contributed by atoms with Crippen LogP contribution in [0.3, 0.4) is 0 Å². The van der Waals surface area contributed by atoms with Gasteiger partial charge in [-0.2, -0.15) is 0 Å². The number of likely N-dealkylation sites (tertiary alicyclic amines) is 1. The van der Waals surface area contributed by atoms with Crippen LogP contribution >= 0.6 is 0 Å². The van der Waals surface area contributed by atoms with Crippen LogP contribution in [0, 0.1) is 11.7 Å².